The van der Waals surface area contributed by atoms with Crippen LogP contribution in [0.25, 0.3) is 0 Å². The molecule has 0 radical (unpaired) electrons. The SMILES string of the molecule is COc1cc(NC(=O)C2CC2c2ccccc2Cl)c(C(=O)N2CCCC2)cc1OC. The Morgan fingerprint density at radius 3 is 2.40 bits per heavy atom. The molecule has 1 saturated carbocycles. The van der Waals surface area contributed by atoms with Gasteiger partial charge in [0.1, 0.15) is 0 Å². The van der Waals surface area contributed by atoms with Crippen molar-refractivity contribution in [1.29, 1.82) is 0 Å². The molecule has 2 aliphatic rings. The van der Waals surface area contributed by atoms with Gasteiger partial charge in [-0.05, 0) is 42.9 Å². The van der Waals surface area contributed by atoms with E-state index < -0.39 is 0 Å². The van der Waals surface area contributed by atoms with Crippen molar-refractivity contribution in [3.63, 3.8) is 0 Å². The van der Waals surface area contributed by atoms with Gasteiger partial charge in [-0.3, -0.25) is 9.59 Å². The standard InChI is InChI=1S/C23H25ClN2O4/c1-29-20-12-17(23(28)26-9-5-6-10-26)19(13-21(20)30-2)25-22(27)16-11-15(16)14-7-3-4-8-18(14)24/h3-4,7-8,12-13,15-16H,5-6,9-11H2,1-2H3,(H,25,27). The number of carbonyl (C=O) groups is 2. The number of hydrogen-bond donors (Lipinski definition) is 1. The lowest BCUT2D eigenvalue weighted by molar-refractivity contribution is -0.117. The Hall–Kier alpha value is -2.73. The van der Waals surface area contributed by atoms with E-state index in [-0.39, 0.29) is 23.7 Å². The van der Waals surface area contributed by atoms with E-state index in [1.165, 1.54) is 14.2 Å². The van der Waals surface area contributed by atoms with Crippen LogP contribution in [-0.2, 0) is 4.79 Å². The fraction of sp³-hybridized carbons (Fsp3) is 0.391. The summed E-state index contributed by atoms with van der Waals surface area (Å²) in [6.45, 7) is 1.44. The molecule has 0 bridgehead atoms. The molecule has 2 amide bonds. The van der Waals surface area contributed by atoms with Crippen LogP contribution < -0.4 is 14.8 Å². The topological polar surface area (TPSA) is 67.9 Å². The Morgan fingerprint density at radius 2 is 1.73 bits per heavy atom. The summed E-state index contributed by atoms with van der Waals surface area (Å²) < 4.78 is 10.8. The molecule has 0 aromatic heterocycles. The fourth-order valence-corrected chi connectivity index (χ4v) is 4.36. The van der Waals surface area contributed by atoms with Gasteiger partial charge in [0.15, 0.2) is 11.5 Å². The highest BCUT2D eigenvalue weighted by Crippen LogP contribution is 2.50. The summed E-state index contributed by atoms with van der Waals surface area (Å²) in [5, 5.41) is 3.63. The lowest BCUT2D eigenvalue weighted by Crippen LogP contribution is -2.29. The Morgan fingerprint density at radius 1 is 1.07 bits per heavy atom. The molecule has 0 spiro atoms. The van der Waals surface area contributed by atoms with Crippen LogP contribution in [0.3, 0.4) is 0 Å². The molecule has 7 heteroatoms. The van der Waals surface area contributed by atoms with Crippen molar-refractivity contribution < 1.29 is 19.1 Å². The van der Waals surface area contributed by atoms with Crippen LogP contribution in [0.15, 0.2) is 36.4 Å². The average Bonchev–Trinajstić information content (AvgIpc) is 3.36. The van der Waals surface area contributed by atoms with Crippen LogP contribution in [0.4, 0.5) is 5.69 Å². The van der Waals surface area contributed by atoms with E-state index in [9.17, 15) is 9.59 Å². The molecule has 1 aliphatic carbocycles. The number of ether oxygens (including phenoxy) is 2. The maximum Gasteiger partial charge on any atom is 0.256 e. The van der Waals surface area contributed by atoms with E-state index >= 15 is 0 Å². The molecule has 158 valence electrons. The summed E-state index contributed by atoms with van der Waals surface area (Å²) >= 11 is 6.29. The summed E-state index contributed by atoms with van der Waals surface area (Å²) in [5.41, 5.74) is 1.84. The third kappa shape index (κ3) is 3.97. The van der Waals surface area contributed by atoms with Gasteiger partial charge in [0.25, 0.3) is 5.91 Å². The number of benzene rings is 2. The van der Waals surface area contributed by atoms with E-state index in [1.807, 2.05) is 24.3 Å². The van der Waals surface area contributed by atoms with Gasteiger partial charge >= 0.3 is 0 Å². The number of carbonyl (C=O) groups excluding carboxylic acids is 2. The zero-order valence-electron chi connectivity index (χ0n) is 17.1. The number of methoxy groups -OCH3 is 2. The molecule has 2 aromatic carbocycles. The van der Waals surface area contributed by atoms with Crippen LogP contribution in [0, 0.1) is 5.92 Å². The van der Waals surface area contributed by atoms with Crippen molar-refractivity contribution in [3.8, 4) is 11.5 Å². The van der Waals surface area contributed by atoms with Gasteiger partial charge in [0.2, 0.25) is 5.91 Å². The first-order chi connectivity index (χ1) is 14.5. The molecule has 4 rings (SSSR count). The number of halogens is 1. The highest BCUT2D eigenvalue weighted by Gasteiger charge is 2.45. The number of amides is 2. The summed E-state index contributed by atoms with van der Waals surface area (Å²) in [7, 11) is 3.05. The second kappa shape index (κ2) is 8.56. The van der Waals surface area contributed by atoms with Crippen molar-refractivity contribution in [3.05, 3.63) is 52.5 Å². The molecule has 1 heterocycles. The van der Waals surface area contributed by atoms with E-state index in [4.69, 9.17) is 21.1 Å². The monoisotopic (exact) mass is 428 g/mol. The number of anilines is 1. The van der Waals surface area contributed by atoms with Crippen molar-refractivity contribution in [2.75, 3.05) is 32.6 Å². The maximum absolute atomic E-state index is 13.1. The minimum Gasteiger partial charge on any atom is -0.493 e. The minimum atomic E-state index is -0.173. The Bertz CT molecular complexity index is 972. The molecule has 2 unspecified atom stereocenters. The Balaban J connectivity index is 1.59. The lowest BCUT2D eigenvalue weighted by atomic mass is 10.1. The number of nitrogens with zero attached hydrogens (tertiary/aromatic N) is 1. The zero-order chi connectivity index (χ0) is 21.3. The van der Waals surface area contributed by atoms with Gasteiger partial charge in [-0.1, -0.05) is 29.8 Å². The number of likely N-dealkylation sites (tertiary alicyclic amines) is 1. The number of rotatable bonds is 6. The van der Waals surface area contributed by atoms with Crippen molar-refractivity contribution in [1.82, 2.24) is 4.90 Å². The van der Waals surface area contributed by atoms with Crippen LogP contribution in [-0.4, -0.2) is 44.0 Å². The second-order valence-corrected chi connectivity index (χ2v) is 8.12. The van der Waals surface area contributed by atoms with E-state index in [2.05, 4.69) is 5.32 Å². The quantitative estimate of drug-likeness (QED) is 0.743. The third-order valence-corrected chi connectivity index (χ3v) is 6.18. The largest absolute Gasteiger partial charge is 0.493 e. The molecule has 1 aliphatic heterocycles. The van der Waals surface area contributed by atoms with Crippen LogP contribution in [0.1, 0.15) is 41.1 Å². The summed E-state index contributed by atoms with van der Waals surface area (Å²) in [6, 6.07) is 10.9. The normalized spacial score (nSPS) is 20.0. The van der Waals surface area contributed by atoms with Crippen molar-refractivity contribution >= 4 is 29.1 Å². The van der Waals surface area contributed by atoms with Crippen molar-refractivity contribution in [2.24, 2.45) is 5.92 Å². The first-order valence-corrected chi connectivity index (χ1v) is 10.5. The molecule has 2 aromatic rings. The van der Waals surface area contributed by atoms with Gasteiger partial charge in [-0.15, -0.1) is 0 Å². The summed E-state index contributed by atoms with van der Waals surface area (Å²) in [5.74, 6) is 0.608. The number of nitrogens with one attached hydrogen (secondary N) is 1. The Labute approximate surface area is 181 Å². The van der Waals surface area contributed by atoms with Gasteiger partial charge in [-0.2, -0.15) is 0 Å². The molecule has 6 nitrogen and oxygen atoms in total. The first kappa shape index (κ1) is 20.5. The van der Waals surface area contributed by atoms with E-state index in [0.717, 1.165) is 37.9 Å². The van der Waals surface area contributed by atoms with Crippen molar-refractivity contribution in [2.45, 2.75) is 25.2 Å². The van der Waals surface area contributed by atoms with Gasteiger partial charge < -0.3 is 19.7 Å². The maximum atomic E-state index is 13.1. The van der Waals surface area contributed by atoms with Gasteiger partial charge in [0.05, 0.1) is 25.5 Å². The van der Waals surface area contributed by atoms with E-state index in [1.54, 1.807) is 17.0 Å². The molecular weight excluding hydrogens is 404 g/mol. The van der Waals surface area contributed by atoms with Crippen LogP contribution in [0.5, 0.6) is 11.5 Å². The summed E-state index contributed by atoms with van der Waals surface area (Å²) in [6.07, 6.45) is 2.71. The molecule has 2 atom stereocenters. The lowest BCUT2D eigenvalue weighted by Gasteiger charge is -2.20. The molecular formula is C23H25ClN2O4. The smallest absolute Gasteiger partial charge is 0.256 e. The zero-order valence-corrected chi connectivity index (χ0v) is 17.9. The Kier molecular flexibility index (Phi) is 5.86. The highest BCUT2D eigenvalue weighted by atomic mass is 35.5. The van der Waals surface area contributed by atoms with Gasteiger partial charge in [0, 0.05) is 30.1 Å². The fourth-order valence-electron chi connectivity index (χ4n) is 4.08. The molecule has 1 N–H and O–H groups in total. The molecule has 2 fully saturated rings. The highest BCUT2D eigenvalue weighted by molar-refractivity contribution is 6.31. The van der Waals surface area contributed by atoms with Gasteiger partial charge in [-0.25, -0.2) is 0 Å². The second-order valence-electron chi connectivity index (χ2n) is 7.71. The van der Waals surface area contributed by atoms with Crippen LogP contribution in [0.2, 0.25) is 5.02 Å². The third-order valence-electron chi connectivity index (χ3n) is 5.84. The van der Waals surface area contributed by atoms with E-state index in [0.29, 0.717) is 27.8 Å². The first-order valence-electron chi connectivity index (χ1n) is 10.1. The van der Waals surface area contributed by atoms with Crippen LogP contribution >= 0.6 is 11.6 Å². The molecule has 1 saturated heterocycles. The minimum absolute atomic E-state index is 0.0941. The number of hydrogen-bond acceptors (Lipinski definition) is 4. The molecule has 30 heavy (non-hydrogen) atoms. The average molecular weight is 429 g/mol. The predicted molar refractivity (Wildman–Crippen MR) is 116 cm³/mol. The predicted octanol–water partition coefficient (Wildman–Crippen LogP) is 4.34. The summed E-state index contributed by atoms with van der Waals surface area (Å²) in [4.78, 5) is 27.9.